The molecule has 80 heavy (non-hydrogen) atoms. The summed E-state index contributed by atoms with van der Waals surface area (Å²) in [7, 11) is 1.35. The molecule has 0 bridgehead atoms. The van der Waals surface area contributed by atoms with Crippen molar-refractivity contribution < 1.29 is 78.0 Å². The minimum Gasteiger partial charge on any atom is -0.481 e. The van der Waals surface area contributed by atoms with E-state index >= 15 is 0 Å². The number of carboxylic acid groups (broad SMARTS) is 4. The molecule has 1 aromatic rings. The van der Waals surface area contributed by atoms with Gasteiger partial charge in [0.15, 0.2) is 5.96 Å². The molecule has 5 atom stereocenters. The van der Waals surface area contributed by atoms with E-state index in [1.54, 1.807) is 49.9 Å². The Morgan fingerprint density at radius 2 is 1.10 bits per heavy atom. The molecule has 16 N–H and O–H groups in total. The fraction of sp³-hybridized carbons (Fsp3) is 0.612. The molecule has 0 saturated carbocycles. The van der Waals surface area contributed by atoms with E-state index in [0.717, 1.165) is 0 Å². The van der Waals surface area contributed by atoms with Crippen LogP contribution < -0.4 is 54.0 Å². The van der Waals surface area contributed by atoms with E-state index in [-0.39, 0.29) is 149 Å². The Morgan fingerprint density at radius 1 is 0.613 bits per heavy atom. The van der Waals surface area contributed by atoms with Crippen molar-refractivity contribution in [3.05, 3.63) is 35.9 Å². The fourth-order valence-corrected chi connectivity index (χ4v) is 8.57. The maximum Gasteiger partial charge on any atom is 0.317 e. The molecule has 0 aromatic heterocycles. The van der Waals surface area contributed by atoms with Gasteiger partial charge < -0.3 is 74.4 Å². The van der Waals surface area contributed by atoms with Gasteiger partial charge >= 0.3 is 23.9 Å². The highest BCUT2D eigenvalue weighted by atomic mass is 16.4. The number of carbonyl (C=O) groups excluding carboxylic acids is 8. The average Bonchev–Trinajstić information content (AvgIpc) is 3.39. The van der Waals surface area contributed by atoms with E-state index < -0.39 is 114 Å². The summed E-state index contributed by atoms with van der Waals surface area (Å²) in [6, 6.07) is 1.59. The van der Waals surface area contributed by atoms with E-state index in [0.29, 0.717) is 5.56 Å². The maximum atomic E-state index is 14.1. The van der Waals surface area contributed by atoms with Crippen molar-refractivity contribution in [2.24, 2.45) is 16.5 Å². The lowest BCUT2D eigenvalue weighted by molar-refractivity contribution is -0.141. The van der Waals surface area contributed by atoms with Crippen molar-refractivity contribution in [2.45, 2.75) is 88.0 Å². The Labute approximate surface area is 461 Å². The van der Waals surface area contributed by atoms with Crippen molar-refractivity contribution in [3.63, 3.8) is 0 Å². The van der Waals surface area contributed by atoms with Crippen LogP contribution in [0.1, 0.15) is 56.9 Å². The standard InChI is InChI=1S/C49H77N15O16/c1-52-44(76)34(56-39(67)27-61-16-18-62(28-41(70)71)20-22-64(30-43(74)75)23-21-63(19-17-61)29-42(72)73)12-13-37(65)53-14-6-5-10-33-46(78)58-32(11-7-15-54-49(50)51)45(77)55-26-38(66)57-36(25-40(68)69)48(80)60-35(47(79)59-33)24-31-8-3-2-4-9-31/h2-4,8-9,32-36H,5-7,10-30H2,1H3,(H,52,76)(H,53,65)(H,55,77)(H,56,67)(H,57,66)(H,58,78)(H,59,79)(H,60,80)(H,68,69)(H,70,71)(H,72,73)(H,74,75)(H4,50,51,54)/t32-,33-,34-,35+,36-/m0/s1. The van der Waals surface area contributed by atoms with Gasteiger partial charge in [0.05, 0.1) is 39.1 Å². The van der Waals surface area contributed by atoms with Crippen LogP contribution in [0.25, 0.3) is 0 Å². The number of aliphatic carboxylic acids is 4. The zero-order chi connectivity index (χ0) is 59.1. The first-order valence-electron chi connectivity index (χ1n) is 26.1. The van der Waals surface area contributed by atoms with Crippen LogP contribution in [0.5, 0.6) is 0 Å². The average molecular weight is 1130 g/mol. The molecule has 0 aliphatic carbocycles. The first-order chi connectivity index (χ1) is 38.0. The second-order valence-corrected chi connectivity index (χ2v) is 19.2. The zero-order valence-corrected chi connectivity index (χ0v) is 44.8. The molecule has 444 valence electrons. The highest BCUT2D eigenvalue weighted by molar-refractivity contribution is 5.98. The summed E-state index contributed by atoms with van der Waals surface area (Å²) in [6.45, 7) is -0.639. The maximum absolute atomic E-state index is 14.1. The highest BCUT2D eigenvalue weighted by Gasteiger charge is 2.34. The Kier molecular flexibility index (Phi) is 29.4. The summed E-state index contributed by atoms with van der Waals surface area (Å²) in [5.74, 6) is -11.2. The van der Waals surface area contributed by atoms with Gasteiger partial charge in [-0.3, -0.25) is 82.1 Å². The van der Waals surface area contributed by atoms with Crippen LogP contribution in [0.4, 0.5) is 0 Å². The van der Waals surface area contributed by atoms with Crippen LogP contribution >= 0.6 is 0 Å². The lowest BCUT2D eigenvalue weighted by atomic mass is 10.0. The third-order valence-electron chi connectivity index (χ3n) is 12.8. The summed E-state index contributed by atoms with van der Waals surface area (Å²) in [5, 5.41) is 58.4. The van der Waals surface area contributed by atoms with Crippen LogP contribution in [-0.4, -0.2) is 253 Å². The SMILES string of the molecule is CNC(=O)[C@H](CCC(=O)NCCCC[C@@H]1NC(=O)[C@@H](Cc2ccccc2)NC(=O)[C@H](CC(=O)O)NC(=O)CNC(=O)[C@H](CCCN=C(N)N)NC1=O)NC(=O)CN1CCN(CC(=O)O)CCN(CC(=O)O)CCN(CC(=O)O)CC1. The second kappa shape index (κ2) is 35.5. The summed E-state index contributed by atoms with van der Waals surface area (Å²) in [4.78, 5) is 165. The van der Waals surface area contributed by atoms with Crippen molar-refractivity contribution in [1.29, 1.82) is 0 Å². The molecule has 31 nitrogen and oxygen atoms in total. The van der Waals surface area contributed by atoms with Crippen LogP contribution in [0.3, 0.4) is 0 Å². The monoisotopic (exact) mass is 1130 g/mol. The normalized spacial score (nSPS) is 20.4. The minimum absolute atomic E-state index is 0.0347. The molecular weight excluding hydrogens is 1050 g/mol. The molecule has 31 heteroatoms. The first kappa shape index (κ1) is 66.3. The van der Waals surface area contributed by atoms with Gasteiger partial charge in [-0.05, 0) is 44.1 Å². The number of unbranched alkanes of at least 4 members (excludes halogenated alkanes) is 1. The topological polar surface area (TPSA) is 459 Å². The van der Waals surface area contributed by atoms with Gasteiger partial charge in [0.25, 0.3) is 0 Å². The number of rotatable bonds is 26. The Bertz CT molecular complexity index is 2290. The summed E-state index contributed by atoms with van der Waals surface area (Å²) in [6.07, 6.45) is -0.853. The van der Waals surface area contributed by atoms with E-state index in [1.807, 2.05) is 0 Å². The quantitative estimate of drug-likeness (QED) is 0.0233. The number of amides is 8. The Morgan fingerprint density at radius 3 is 1.61 bits per heavy atom. The molecule has 0 unspecified atom stereocenters. The van der Waals surface area contributed by atoms with Crippen molar-refractivity contribution >= 4 is 77.1 Å². The molecule has 2 aliphatic heterocycles. The molecule has 0 radical (unpaired) electrons. The number of nitrogens with zero attached hydrogens (tertiary/aromatic N) is 5. The van der Waals surface area contributed by atoms with E-state index in [9.17, 15) is 78.0 Å². The summed E-state index contributed by atoms with van der Waals surface area (Å²) < 4.78 is 0. The number of hydrogen-bond donors (Lipinski definition) is 14. The second-order valence-electron chi connectivity index (χ2n) is 19.2. The van der Waals surface area contributed by atoms with Gasteiger partial charge in [0.2, 0.25) is 47.3 Å². The van der Waals surface area contributed by atoms with E-state index in [1.165, 1.54) is 7.05 Å². The number of likely N-dealkylation sites (N-methyl/N-ethyl adjacent to an activating group) is 1. The number of guanidine groups is 1. The predicted molar refractivity (Wildman–Crippen MR) is 284 cm³/mol. The number of aliphatic imine (C=N–C) groups is 1. The van der Waals surface area contributed by atoms with Crippen LogP contribution in [0, 0.1) is 0 Å². The van der Waals surface area contributed by atoms with Gasteiger partial charge in [-0.2, -0.15) is 0 Å². The number of benzene rings is 1. The van der Waals surface area contributed by atoms with Gasteiger partial charge in [-0.1, -0.05) is 30.3 Å². The third kappa shape index (κ3) is 27.0. The lowest BCUT2D eigenvalue weighted by Gasteiger charge is -2.33. The minimum atomic E-state index is -1.67. The van der Waals surface area contributed by atoms with E-state index in [4.69, 9.17) is 11.5 Å². The molecule has 2 aliphatic rings. The predicted octanol–water partition coefficient (Wildman–Crippen LogP) is -6.40. The Hall–Kier alpha value is -8.03. The third-order valence-corrected chi connectivity index (χ3v) is 12.8. The van der Waals surface area contributed by atoms with Crippen LogP contribution in [0.15, 0.2) is 35.3 Å². The zero-order valence-electron chi connectivity index (χ0n) is 44.8. The Balaban J connectivity index is 1.72. The number of carbonyl (C=O) groups is 12. The van der Waals surface area contributed by atoms with Crippen molar-refractivity contribution in [2.75, 3.05) is 105 Å². The highest BCUT2D eigenvalue weighted by Crippen LogP contribution is 2.11. The molecule has 1 aromatic carbocycles. The van der Waals surface area contributed by atoms with Gasteiger partial charge in [-0.25, -0.2) is 0 Å². The summed E-state index contributed by atoms with van der Waals surface area (Å²) >= 11 is 0. The molecule has 8 amide bonds. The van der Waals surface area contributed by atoms with Gasteiger partial charge in [-0.15, -0.1) is 0 Å². The van der Waals surface area contributed by atoms with Crippen LogP contribution in [0.2, 0.25) is 0 Å². The number of nitrogens with one attached hydrogen (secondary N) is 8. The summed E-state index contributed by atoms with van der Waals surface area (Å²) in [5.41, 5.74) is 11.5. The van der Waals surface area contributed by atoms with Gasteiger partial charge in [0, 0.05) is 85.3 Å². The first-order valence-corrected chi connectivity index (χ1v) is 26.1. The smallest absolute Gasteiger partial charge is 0.317 e. The van der Waals surface area contributed by atoms with Crippen LogP contribution in [-0.2, 0) is 64.0 Å². The largest absolute Gasteiger partial charge is 0.481 e. The number of carboxylic acids is 4. The molecule has 0 spiro atoms. The van der Waals surface area contributed by atoms with Crippen molar-refractivity contribution in [1.82, 2.24) is 62.1 Å². The van der Waals surface area contributed by atoms with Crippen molar-refractivity contribution in [3.8, 4) is 0 Å². The van der Waals surface area contributed by atoms with E-state index in [2.05, 4.69) is 47.5 Å². The molecule has 2 saturated heterocycles. The molecule has 2 fully saturated rings. The van der Waals surface area contributed by atoms with Gasteiger partial charge in [0.1, 0.15) is 30.2 Å². The number of nitrogens with two attached hydrogens (primary N) is 2. The fourth-order valence-electron chi connectivity index (χ4n) is 8.57. The lowest BCUT2D eigenvalue weighted by Crippen LogP contribution is -2.58. The molecular formula is C49H77N15O16. The molecule has 2 heterocycles. The number of hydrogen-bond acceptors (Lipinski definition) is 17. The molecule has 3 rings (SSSR count).